The van der Waals surface area contributed by atoms with Crippen LogP contribution >= 0.6 is 0 Å². The van der Waals surface area contributed by atoms with Crippen LogP contribution in [0.15, 0.2) is 0 Å². The van der Waals surface area contributed by atoms with Crippen molar-refractivity contribution in [3.05, 3.63) is 0 Å². The molecule has 0 saturated heterocycles. The van der Waals surface area contributed by atoms with Gasteiger partial charge in [-0.15, -0.1) is 0 Å². The van der Waals surface area contributed by atoms with Crippen molar-refractivity contribution in [3.8, 4) is 0 Å². The molecule has 0 unspecified atom stereocenters. The van der Waals surface area contributed by atoms with E-state index in [9.17, 15) is 13.2 Å². The van der Waals surface area contributed by atoms with Crippen LogP contribution in [-0.2, 0) is 14.8 Å². The zero-order valence-electron chi connectivity index (χ0n) is 9.90. The first-order chi connectivity index (χ1) is 7.40. The number of nitrogens with one attached hydrogen (secondary N) is 1. The summed E-state index contributed by atoms with van der Waals surface area (Å²) in [5, 5.41) is 0. The minimum atomic E-state index is -3.19. The third-order valence-corrected chi connectivity index (χ3v) is 3.70. The molecule has 1 fully saturated rings. The van der Waals surface area contributed by atoms with Crippen LogP contribution in [0, 0.1) is 0 Å². The first-order valence-corrected chi connectivity index (χ1v) is 7.49. The maximum Gasteiger partial charge on any atom is 0.223 e. The van der Waals surface area contributed by atoms with Crippen LogP contribution in [0.5, 0.6) is 0 Å². The van der Waals surface area contributed by atoms with E-state index in [1.54, 1.807) is 11.9 Å². The zero-order valence-corrected chi connectivity index (χ0v) is 10.7. The highest BCUT2D eigenvalue weighted by molar-refractivity contribution is 7.88. The lowest BCUT2D eigenvalue weighted by Crippen LogP contribution is -2.37. The van der Waals surface area contributed by atoms with E-state index < -0.39 is 10.0 Å². The highest BCUT2D eigenvalue weighted by Crippen LogP contribution is 2.22. The largest absolute Gasteiger partial charge is 0.343 e. The molecule has 6 heteroatoms. The molecule has 0 atom stereocenters. The Hall–Kier alpha value is -0.620. The molecule has 0 spiro atoms. The summed E-state index contributed by atoms with van der Waals surface area (Å²) >= 11 is 0. The molecule has 1 rings (SSSR count). The molecule has 1 aliphatic rings. The molecule has 0 aromatic rings. The standard InChI is InChI=1S/C10H20N2O3S/c1-12(9-5-3-4-6-9)10(13)7-8-11-16(2,14)15/h9,11H,3-8H2,1-2H3. The van der Waals surface area contributed by atoms with Gasteiger partial charge in [-0.05, 0) is 12.8 Å². The van der Waals surface area contributed by atoms with Crippen molar-refractivity contribution in [2.45, 2.75) is 38.1 Å². The fourth-order valence-electron chi connectivity index (χ4n) is 2.01. The van der Waals surface area contributed by atoms with Crippen LogP contribution in [0.3, 0.4) is 0 Å². The van der Waals surface area contributed by atoms with E-state index in [1.807, 2.05) is 0 Å². The Labute approximate surface area is 97.2 Å². The van der Waals surface area contributed by atoms with Crippen molar-refractivity contribution in [1.82, 2.24) is 9.62 Å². The number of nitrogens with zero attached hydrogens (tertiary/aromatic N) is 1. The topological polar surface area (TPSA) is 66.5 Å². The SMILES string of the molecule is CN(C(=O)CCNS(C)(=O)=O)C1CCCC1. The molecule has 0 aromatic carbocycles. The van der Waals surface area contributed by atoms with Crippen molar-refractivity contribution in [2.75, 3.05) is 19.8 Å². The lowest BCUT2D eigenvalue weighted by molar-refractivity contribution is -0.131. The molecule has 1 N–H and O–H groups in total. The molecular formula is C10H20N2O3S. The quantitative estimate of drug-likeness (QED) is 0.762. The van der Waals surface area contributed by atoms with Crippen LogP contribution in [0.4, 0.5) is 0 Å². The number of hydrogen-bond donors (Lipinski definition) is 1. The molecule has 16 heavy (non-hydrogen) atoms. The summed E-state index contributed by atoms with van der Waals surface area (Å²) in [6.07, 6.45) is 5.84. The van der Waals surface area contributed by atoms with Crippen LogP contribution in [0.25, 0.3) is 0 Å². The number of rotatable bonds is 5. The van der Waals surface area contributed by atoms with Gasteiger partial charge in [-0.2, -0.15) is 0 Å². The number of amides is 1. The van der Waals surface area contributed by atoms with Crippen molar-refractivity contribution in [3.63, 3.8) is 0 Å². The lowest BCUT2D eigenvalue weighted by Gasteiger charge is -2.24. The average molecular weight is 248 g/mol. The van der Waals surface area contributed by atoms with Gasteiger partial charge in [-0.25, -0.2) is 13.1 Å². The number of sulfonamides is 1. The molecule has 1 saturated carbocycles. The van der Waals surface area contributed by atoms with Crippen LogP contribution in [-0.4, -0.2) is 45.1 Å². The molecule has 0 bridgehead atoms. The van der Waals surface area contributed by atoms with Crippen LogP contribution in [0.1, 0.15) is 32.1 Å². The van der Waals surface area contributed by atoms with E-state index >= 15 is 0 Å². The Morgan fingerprint density at radius 3 is 2.44 bits per heavy atom. The van der Waals surface area contributed by atoms with E-state index in [-0.39, 0.29) is 18.9 Å². The van der Waals surface area contributed by atoms with E-state index in [4.69, 9.17) is 0 Å². The van der Waals surface area contributed by atoms with Gasteiger partial charge in [0.2, 0.25) is 15.9 Å². The Kier molecular flexibility index (Phi) is 4.73. The first-order valence-electron chi connectivity index (χ1n) is 5.60. The molecule has 1 amide bonds. The Morgan fingerprint density at radius 1 is 1.38 bits per heavy atom. The molecule has 0 heterocycles. The third kappa shape index (κ3) is 4.49. The summed E-state index contributed by atoms with van der Waals surface area (Å²) in [5.74, 6) is 0.0167. The van der Waals surface area contributed by atoms with Crippen LogP contribution in [0.2, 0.25) is 0 Å². The van der Waals surface area contributed by atoms with Crippen molar-refractivity contribution < 1.29 is 13.2 Å². The average Bonchev–Trinajstić information content (AvgIpc) is 2.67. The second-order valence-electron chi connectivity index (χ2n) is 4.36. The summed E-state index contributed by atoms with van der Waals surface area (Å²) in [6.45, 7) is 0.189. The fourth-order valence-corrected chi connectivity index (χ4v) is 2.49. The summed E-state index contributed by atoms with van der Waals surface area (Å²) in [5.41, 5.74) is 0. The predicted molar refractivity (Wildman–Crippen MR) is 62.5 cm³/mol. The normalized spacial score (nSPS) is 17.6. The maximum atomic E-state index is 11.7. The van der Waals surface area contributed by atoms with Crippen molar-refractivity contribution in [1.29, 1.82) is 0 Å². The van der Waals surface area contributed by atoms with Gasteiger partial charge in [0, 0.05) is 26.1 Å². The van der Waals surface area contributed by atoms with Crippen LogP contribution < -0.4 is 4.72 Å². The summed E-state index contributed by atoms with van der Waals surface area (Å²) in [4.78, 5) is 13.5. The van der Waals surface area contributed by atoms with E-state index in [2.05, 4.69) is 4.72 Å². The minimum absolute atomic E-state index is 0.0167. The second kappa shape index (κ2) is 5.63. The van der Waals surface area contributed by atoms with Gasteiger partial charge >= 0.3 is 0 Å². The molecular weight excluding hydrogens is 228 g/mol. The van der Waals surface area contributed by atoms with Gasteiger partial charge in [-0.3, -0.25) is 4.79 Å². The van der Waals surface area contributed by atoms with Gasteiger partial charge in [0.25, 0.3) is 0 Å². The molecule has 0 aromatic heterocycles. The Balaban J connectivity index is 2.29. The molecule has 94 valence electrons. The molecule has 0 radical (unpaired) electrons. The third-order valence-electron chi connectivity index (χ3n) is 2.97. The highest BCUT2D eigenvalue weighted by Gasteiger charge is 2.22. The summed E-state index contributed by atoms with van der Waals surface area (Å²) in [7, 11) is -1.38. The monoisotopic (exact) mass is 248 g/mol. The fraction of sp³-hybridized carbons (Fsp3) is 0.900. The maximum absolute atomic E-state index is 11.7. The predicted octanol–water partition coefficient (Wildman–Crippen LogP) is 0.327. The Morgan fingerprint density at radius 2 is 1.94 bits per heavy atom. The first kappa shape index (κ1) is 13.4. The van der Waals surface area contributed by atoms with Gasteiger partial charge in [0.05, 0.1) is 6.26 Å². The van der Waals surface area contributed by atoms with E-state index in [0.29, 0.717) is 6.04 Å². The zero-order chi connectivity index (χ0) is 12.2. The van der Waals surface area contributed by atoms with Crippen molar-refractivity contribution in [2.24, 2.45) is 0 Å². The van der Waals surface area contributed by atoms with Gasteiger partial charge in [-0.1, -0.05) is 12.8 Å². The minimum Gasteiger partial charge on any atom is -0.343 e. The Bertz CT molecular complexity index is 334. The number of carbonyl (C=O) groups is 1. The smallest absolute Gasteiger partial charge is 0.223 e. The highest BCUT2D eigenvalue weighted by atomic mass is 32.2. The summed E-state index contributed by atoms with van der Waals surface area (Å²) in [6, 6.07) is 0.353. The van der Waals surface area contributed by atoms with E-state index in [1.165, 1.54) is 12.8 Å². The van der Waals surface area contributed by atoms with Gasteiger partial charge < -0.3 is 4.90 Å². The molecule has 5 nitrogen and oxygen atoms in total. The second-order valence-corrected chi connectivity index (χ2v) is 6.19. The summed E-state index contributed by atoms with van der Waals surface area (Å²) < 4.78 is 23.9. The molecule has 0 aliphatic heterocycles. The number of hydrogen-bond acceptors (Lipinski definition) is 3. The van der Waals surface area contributed by atoms with E-state index in [0.717, 1.165) is 19.1 Å². The van der Waals surface area contributed by atoms with Crippen molar-refractivity contribution >= 4 is 15.9 Å². The lowest BCUT2D eigenvalue weighted by atomic mass is 10.2. The van der Waals surface area contributed by atoms with Gasteiger partial charge in [0.1, 0.15) is 0 Å². The van der Waals surface area contributed by atoms with Gasteiger partial charge in [0.15, 0.2) is 0 Å². The molecule has 1 aliphatic carbocycles. The number of carbonyl (C=O) groups excluding carboxylic acids is 1.